The number of amides is 1. The van der Waals surface area contributed by atoms with E-state index < -0.39 is 0 Å². The number of rotatable bonds is 3. The Morgan fingerprint density at radius 3 is 2.71 bits per heavy atom. The molecule has 0 spiro atoms. The number of carbonyl (C=O) groups is 1. The van der Waals surface area contributed by atoms with Gasteiger partial charge in [-0.25, -0.2) is 4.79 Å². The average molecular weight is 200 g/mol. The minimum Gasteiger partial charge on any atom is -0.447 e. The number of hydrogen-bond acceptors (Lipinski definition) is 3. The second kappa shape index (κ2) is 5.86. The molecule has 0 unspecified atom stereocenters. The minimum atomic E-state index is -0.293. The molecule has 1 saturated heterocycles. The van der Waals surface area contributed by atoms with Gasteiger partial charge in [0.1, 0.15) is 0 Å². The Kier molecular flexibility index (Phi) is 4.73. The van der Waals surface area contributed by atoms with Gasteiger partial charge in [-0.15, -0.1) is 0 Å². The van der Waals surface area contributed by atoms with Crippen molar-refractivity contribution in [1.29, 1.82) is 0 Å². The molecule has 1 aliphatic rings. The third-order valence-electron chi connectivity index (χ3n) is 2.34. The quantitative estimate of drug-likeness (QED) is 0.717. The summed E-state index contributed by atoms with van der Waals surface area (Å²) >= 11 is 0. The van der Waals surface area contributed by atoms with Crippen molar-refractivity contribution in [2.24, 2.45) is 5.92 Å². The van der Waals surface area contributed by atoms with Crippen LogP contribution in [0.3, 0.4) is 0 Å². The van der Waals surface area contributed by atoms with Crippen LogP contribution in [-0.2, 0) is 4.74 Å². The van der Waals surface area contributed by atoms with Gasteiger partial charge in [0.25, 0.3) is 0 Å². The molecule has 2 N–H and O–H groups in total. The monoisotopic (exact) mass is 200 g/mol. The Bertz CT molecular complexity index is 177. The summed E-state index contributed by atoms with van der Waals surface area (Å²) in [5.41, 5.74) is 0. The molecule has 0 saturated carbocycles. The fourth-order valence-corrected chi connectivity index (χ4v) is 1.57. The third kappa shape index (κ3) is 4.46. The number of piperidine rings is 1. The van der Waals surface area contributed by atoms with Crippen molar-refractivity contribution < 1.29 is 9.53 Å². The highest BCUT2D eigenvalue weighted by molar-refractivity contribution is 5.67. The fourth-order valence-electron chi connectivity index (χ4n) is 1.57. The van der Waals surface area contributed by atoms with E-state index in [1.807, 2.05) is 13.8 Å². The summed E-state index contributed by atoms with van der Waals surface area (Å²) in [4.78, 5) is 11.1. The van der Waals surface area contributed by atoms with E-state index in [0.29, 0.717) is 5.92 Å². The van der Waals surface area contributed by atoms with Gasteiger partial charge in [0.2, 0.25) is 0 Å². The summed E-state index contributed by atoms with van der Waals surface area (Å²) < 4.78 is 4.98. The van der Waals surface area contributed by atoms with Crippen molar-refractivity contribution in [1.82, 2.24) is 10.6 Å². The smallest absolute Gasteiger partial charge is 0.407 e. The van der Waals surface area contributed by atoms with Crippen LogP contribution in [0.5, 0.6) is 0 Å². The highest BCUT2D eigenvalue weighted by Gasteiger charge is 2.14. The molecule has 0 aliphatic carbocycles. The molecule has 4 heteroatoms. The van der Waals surface area contributed by atoms with Crippen LogP contribution in [0, 0.1) is 5.92 Å². The molecule has 0 bridgehead atoms. The van der Waals surface area contributed by atoms with Gasteiger partial charge in [-0.2, -0.15) is 0 Å². The van der Waals surface area contributed by atoms with Crippen LogP contribution >= 0.6 is 0 Å². The molecular formula is C10H20N2O2. The summed E-state index contributed by atoms with van der Waals surface area (Å²) in [6.45, 7) is 6.57. The standard InChI is InChI=1S/C10H20N2O2/c1-8(2)14-10(13)12-7-9-3-5-11-6-4-9/h8-9,11H,3-7H2,1-2H3,(H,12,13). The zero-order chi connectivity index (χ0) is 10.4. The summed E-state index contributed by atoms with van der Waals surface area (Å²) in [7, 11) is 0. The second-order valence-electron chi connectivity index (χ2n) is 4.03. The van der Waals surface area contributed by atoms with Gasteiger partial charge in [-0.1, -0.05) is 0 Å². The van der Waals surface area contributed by atoms with E-state index in [1.165, 1.54) is 0 Å². The molecule has 4 nitrogen and oxygen atoms in total. The topological polar surface area (TPSA) is 50.4 Å². The maximum absolute atomic E-state index is 11.1. The lowest BCUT2D eigenvalue weighted by molar-refractivity contribution is 0.113. The zero-order valence-electron chi connectivity index (χ0n) is 9.01. The predicted molar refractivity (Wildman–Crippen MR) is 55.2 cm³/mol. The molecule has 82 valence electrons. The van der Waals surface area contributed by atoms with E-state index in [-0.39, 0.29) is 12.2 Å². The van der Waals surface area contributed by atoms with Crippen molar-refractivity contribution in [2.45, 2.75) is 32.8 Å². The molecule has 1 rings (SSSR count). The molecule has 1 heterocycles. The van der Waals surface area contributed by atoms with Crippen LogP contribution in [0.4, 0.5) is 4.79 Å². The highest BCUT2D eigenvalue weighted by atomic mass is 16.6. The van der Waals surface area contributed by atoms with Crippen molar-refractivity contribution >= 4 is 6.09 Å². The van der Waals surface area contributed by atoms with Crippen LogP contribution in [0.2, 0.25) is 0 Å². The molecule has 1 amide bonds. The average Bonchev–Trinajstić information content (AvgIpc) is 2.15. The molecule has 0 aromatic carbocycles. The molecule has 14 heavy (non-hydrogen) atoms. The largest absolute Gasteiger partial charge is 0.447 e. The number of alkyl carbamates (subject to hydrolysis) is 1. The Balaban J connectivity index is 2.09. The third-order valence-corrected chi connectivity index (χ3v) is 2.34. The van der Waals surface area contributed by atoms with E-state index in [9.17, 15) is 4.79 Å². The molecule has 0 atom stereocenters. The van der Waals surface area contributed by atoms with Crippen LogP contribution in [0.25, 0.3) is 0 Å². The van der Waals surface area contributed by atoms with Gasteiger partial charge in [0.15, 0.2) is 0 Å². The normalized spacial score (nSPS) is 18.2. The first-order valence-electron chi connectivity index (χ1n) is 5.33. The number of nitrogens with one attached hydrogen (secondary N) is 2. The maximum Gasteiger partial charge on any atom is 0.407 e. The summed E-state index contributed by atoms with van der Waals surface area (Å²) in [6.07, 6.45) is 1.95. The van der Waals surface area contributed by atoms with Crippen LogP contribution in [0.1, 0.15) is 26.7 Å². The Labute approximate surface area is 85.4 Å². The van der Waals surface area contributed by atoms with Gasteiger partial charge in [-0.3, -0.25) is 0 Å². The van der Waals surface area contributed by atoms with Crippen LogP contribution < -0.4 is 10.6 Å². The van der Waals surface area contributed by atoms with E-state index in [4.69, 9.17) is 4.74 Å². The number of carbonyl (C=O) groups excluding carboxylic acids is 1. The minimum absolute atomic E-state index is 0.0389. The van der Waals surface area contributed by atoms with E-state index in [1.54, 1.807) is 0 Å². The summed E-state index contributed by atoms with van der Waals surface area (Å²) in [5, 5.41) is 6.09. The van der Waals surface area contributed by atoms with E-state index in [0.717, 1.165) is 32.5 Å². The highest BCUT2D eigenvalue weighted by Crippen LogP contribution is 2.09. The van der Waals surface area contributed by atoms with E-state index in [2.05, 4.69) is 10.6 Å². The first-order valence-corrected chi connectivity index (χ1v) is 5.33. The number of ether oxygens (including phenoxy) is 1. The first kappa shape index (κ1) is 11.3. The van der Waals surface area contributed by atoms with Gasteiger partial charge >= 0.3 is 6.09 Å². The lowest BCUT2D eigenvalue weighted by Gasteiger charge is -2.22. The Morgan fingerprint density at radius 2 is 2.14 bits per heavy atom. The van der Waals surface area contributed by atoms with Gasteiger partial charge < -0.3 is 15.4 Å². The molecule has 0 aromatic rings. The van der Waals surface area contributed by atoms with Crippen LogP contribution in [-0.4, -0.2) is 31.8 Å². The molecule has 1 fully saturated rings. The Hall–Kier alpha value is -0.770. The van der Waals surface area contributed by atoms with Crippen molar-refractivity contribution in [2.75, 3.05) is 19.6 Å². The summed E-state index contributed by atoms with van der Waals surface area (Å²) in [6, 6.07) is 0. The van der Waals surface area contributed by atoms with Crippen molar-refractivity contribution in [3.05, 3.63) is 0 Å². The van der Waals surface area contributed by atoms with Gasteiger partial charge in [0.05, 0.1) is 6.10 Å². The molecule has 0 aromatic heterocycles. The summed E-state index contributed by atoms with van der Waals surface area (Å²) in [5.74, 6) is 0.607. The SMILES string of the molecule is CC(C)OC(=O)NCC1CCNCC1. The number of hydrogen-bond donors (Lipinski definition) is 2. The zero-order valence-corrected chi connectivity index (χ0v) is 9.01. The predicted octanol–water partition coefficient (Wildman–Crippen LogP) is 1.12. The molecule has 1 aliphatic heterocycles. The fraction of sp³-hybridized carbons (Fsp3) is 0.900. The van der Waals surface area contributed by atoms with E-state index >= 15 is 0 Å². The Morgan fingerprint density at radius 1 is 1.50 bits per heavy atom. The van der Waals surface area contributed by atoms with Crippen molar-refractivity contribution in [3.63, 3.8) is 0 Å². The lowest BCUT2D eigenvalue weighted by Crippen LogP contribution is -2.36. The van der Waals surface area contributed by atoms with Gasteiger partial charge in [-0.05, 0) is 45.7 Å². The van der Waals surface area contributed by atoms with Gasteiger partial charge in [0, 0.05) is 6.54 Å². The van der Waals surface area contributed by atoms with Crippen molar-refractivity contribution in [3.8, 4) is 0 Å². The lowest BCUT2D eigenvalue weighted by atomic mass is 9.98. The second-order valence-corrected chi connectivity index (χ2v) is 4.03. The molecule has 0 radical (unpaired) electrons. The first-order chi connectivity index (χ1) is 6.68. The molecular weight excluding hydrogens is 180 g/mol. The van der Waals surface area contributed by atoms with Crippen LogP contribution in [0.15, 0.2) is 0 Å². The maximum atomic E-state index is 11.1.